The summed E-state index contributed by atoms with van der Waals surface area (Å²) in [5, 5.41) is 0. The number of methoxy groups -OCH3 is 2. The van der Waals surface area contributed by atoms with Crippen LogP contribution >= 0.6 is 0 Å². The number of hydrogen-bond acceptors (Lipinski definition) is 3. The van der Waals surface area contributed by atoms with Crippen LogP contribution < -0.4 is 4.74 Å². The summed E-state index contributed by atoms with van der Waals surface area (Å²) in [4.78, 5) is 14.0. The molecule has 7 heteroatoms. The summed E-state index contributed by atoms with van der Waals surface area (Å²) < 4.78 is 49.9. The first-order valence-corrected chi connectivity index (χ1v) is 5.48. The van der Waals surface area contributed by atoms with Gasteiger partial charge in [0.25, 0.3) is 0 Å². The standard InChI is InChI=1S/C13H10F3NO3/c1-19-12-7(13(18)20-2)5-17-11(12)10-8(15)3-6(14)4-9(10)16/h3-5,17H,1-2H3. The molecule has 0 saturated carbocycles. The molecule has 1 N–H and O–H groups in total. The molecule has 0 atom stereocenters. The minimum Gasteiger partial charge on any atom is -0.494 e. The Morgan fingerprint density at radius 3 is 2.25 bits per heavy atom. The summed E-state index contributed by atoms with van der Waals surface area (Å²) in [6.07, 6.45) is 1.20. The van der Waals surface area contributed by atoms with Gasteiger partial charge in [-0.1, -0.05) is 0 Å². The number of aromatic nitrogens is 1. The van der Waals surface area contributed by atoms with E-state index in [1.165, 1.54) is 13.3 Å². The molecule has 0 fully saturated rings. The topological polar surface area (TPSA) is 51.3 Å². The number of carbonyl (C=O) groups excluding carboxylic acids is 1. The lowest BCUT2D eigenvalue weighted by Gasteiger charge is -2.07. The first-order valence-electron chi connectivity index (χ1n) is 5.48. The molecule has 0 aliphatic carbocycles. The summed E-state index contributed by atoms with van der Waals surface area (Å²) in [6, 6.07) is 1.08. The largest absolute Gasteiger partial charge is 0.494 e. The van der Waals surface area contributed by atoms with Crippen molar-refractivity contribution < 1.29 is 27.4 Å². The van der Waals surface area contributed by atoms with E-state index in [0.29, 0.717) is 12.1 Å². The van der Waals surface area contributed by atoms with Crippen LogP contribution in [0.4, 0.5) is 13.2 Å². The Morgan fingerprint density at radius 2 is 1.75 bits per heavy atom. The highest BCUT2D eigenvalue weighted by molar-refractivity contribution is 5.95. The van der Waals surface area contributed by atoms with Gasteiger partial charge in [-0.05, 0) is 0 Å². The first kappa shape index (κ1) is 14.0. The number of halogens is 3. The zero-order chi connectivity index (χ0) is 14.9. The van der Waals surface area contributed by atoms with Crippen LogP contribution in [0.15, 0.2) is 18.3 Å². The molecular weight excluding hydrogens is 275 g/mol. The molecule has 0 amide bonds. The van der Waals surface area contributed by atoms with Crippen LogP contribution in [0.2, 0.25) is 0 Å². The first-order chi connectivity index (χ1) is 9.49. The van der Waals surface area contributed by atoms with Crippen molar-refractivity contribution in [3.63, 3.8) is 0 Å². The summed E-state index contributed by atoms with van der Waals surface area (Å²) in [5.41, 5.74) is -0.644. The molecule has 4 nitrogen and oxygen atoms in total. The van der Waals surface area contributed by atoms with Crippen molar-refractivity contribution in [2.75, 3.05) is 14.2 Å². The highest BCUT2D eigenvalue weighted by Crippen LogP contribution is 2.36. The van der Waals surface area contributed by atoms with Gasteiger partial charge in [-0.15, -0.1) is 0 Å². The molecule has 2 aromatic rings. The number of rotatable bonds is 3. The van der Waals surface area contributed by atoms with Crippen molar-refractivity contribution in [2.45, 2.75) is 0 Å². The molecule has 0 spiro atoms. The lowest BCUT2D eigenvalue weighted by atomic mass is 10.1. The van der Waals surface area contributed by atoms with Gasteiger partial charge in [0, 0.05) is 18.3 Å². The van der Waals surface area contributed by atoms with Gasteiger partial charge in [0.15, 0.2) is 5.75 Å². The van der Waals surface area contributed by atoms with E-state index in [1.54, 1.807) is 0 Å². The minimum atomic E-state index is -1.11. The Labute approximate surface area is 112 Å². The van der Waals surface area contributed by atoms with E-state index >= 15 is 0 Å². The smallest absolute Gasteiger partial charge is 0.343 e. The van der Waals surface area contributed by atoms with Crippen molar-refractivity contribution in [3.8, 4) is 17.0 Å². The number of aromatic amines is 1. The lowest BCUT2D eigenvalue weighted by molar-refractivity contribution is 0.0597. The van der Waals surface area contributed by atoms with Crippen molar-refractivity contribution in [1.29, 1.82) is 0 Å². The Kier molecular flexibility index (Phi) is 3.69. The molecule has 1 aromatic carbocycles. The Hall–Kier alpha value is -2.44. The van der Waals surface area contributed by atoms with Crippen LogP contribution in [0, 0.1) is 17.5 Å². The van der Waals surface area contributed by atoms with Crippen LogP contribution in [0.3, 0.4) is 0 Å². The average Bonchev–Trinajstić information content (AvgIpc) is 2.80. The normalized spacial score (nSPS) is 10.4. The SMILES string of the molecule is COC(=O)c1c[nH]c(-c2c(F)cc(F)cc2F)c1OC. The van der Waals surface area contributed by atoms with Crippen LogP contribution in [0.5, 0.6) is 5.75 Å². The molecule has 1 aromatic heterocycles. The van der Waals surface area contributed by atoms with E-state index in [1.807, 2.05) is 0 Å². The van der Waals surface area contributed by atoms with E-state index in [-0.39, 0.29) is 17.0 Å². The fourth-order valence-corrected chi connectivity index (χ4v) is 1.85. The van der Waals surface area contributed by atoms with E-state index in [4.69, 9.17) is 4.74 Å². The molecule has 0 unspecified atom stereocenters. The van der Waals surface area contributed by atoms with Gasteiger partial charge >= 0.3 is 5.97 Å². The Balaban J connectivity index is 2.65. The van der Waals surface area contributed by atoms with E-state index in [9.17, 15) is 18.0 Å². The molecule has 0 radical (unpaired) electrons. The molecule has 0 aliphatic rings. The second-order valence-electron chi connectivity index (χ2n) is 3.85. The second-order valence-corrected chi connectivity index (χ2v) is 3.85. The van der Waals surface area contributed by atoms with Crippen molar-refractivity contribution in [2.24, 2.45) is 0 Å². The fraction of sp³-hybridized carbons (Fsp3) is 0.154. The molecule has 2 rings (SSSR count). The van der Waals surface area contributed by atoms with Crippen LogP contribution in [0.1, 0.15) is 10.4 Å². The third kappa shape index (κ3) is 2.22. The van der Waals surface area contributed by atoms with E-state index in [2.05, 4.69) is 9.72 Å². The fourth-order valence-electron chi connectivity index (χ4n) is 1.85. The predicted molar refractivity (Wildman–Crippen MR) is 64.0 cm³/mol. The van der Waals surface area contributed by atoms with E-state index in [0.717, 1.165) is 7.11 Å². The molecule has 0 saturated heterocycles. The van der Waals surface area contributed by atoms with E-state index < -0.39 is 29.0 Å². The van der Waals surface area contributed by atoms with Crippen LogP contribution in [0.25, 0.3) is 11.3 Å². The van der Waals surface area contributed by atoms with Crippen LogP contribution in [-0.4, -0.2) is 25.2 Å². The van der Waals surface area contributed by atoms with Crippen molar-refractivity contribution in [1.82, 2.24) is 4.98 Å². The number of benzene rings is 1. The maximum Gasteiger partial charge on any atom is 0.343 e. The summed E-state index contributed by atoms with van der Waals surface area (Å²) in [6.45, 7) is 0. The minimum absolute atomic E-state index is 0.0203. The van der Waals surface area contributed by atoms with Gasteiger partial charge in [-0.25, -0.2) is 18.0 Å². The molecule has 1 heterocycles. The molecule has 106 valence electrons. The highest BCUT2D eigenvalue weighted by atomic mass is 19.1. The molecule has 0 bridgehead atoms. The maximum absolute atomic E-state index is 13.7. The molecular formula is C13H10F3NO3. The predicted octanol–water partition coefficient (Wildman–Crippen LogP) is 2.89. The number of carbonyl (C=O) groups is 1. The van der Waals surface area contributed by atoms with Crippen LogP contribution in [-0.2, 0) is 4.74 Å². The monoisotopic (exact) mass is 285 g/mol. The van der Waals surface area contributed by atoms with Gasteiger partial charge in [-0.3, -0.25) is 0 Å². The van der Waals surface area contributed by atoms with Gasteiger partial charge in [-0.2, -0.15) is 0 Å². The summed E-state index contributed by atoms with van der Waals surface area (Å²) >= 11 is 0. The third-order valence-corrected chi connectivity index (χ3v) is 2.70. The van der Waals surface area contributed by atoms with Crippen molar-refractivity contribution in [3.05, 3.63) is 41.3 Å². The van der Waals surface area contributed by atoms with Gasteiger partial charge in [0.05, 0.1) is 25.5 Å². The van der Waals surface area contributed by atoms with Gasteiger partial charge in [0.1, 0.15) is 23.0 Å². The maximum atomic E-state index is 13.7. The second kappa shape index (κ2) is 5.28. The molecule has 20 heavy (non-hydrogen) atoms. The molecule has 0 aliphatic heterocycles. The van der Waals surface area contributed by atoms with Crippen molar-refractivity contribution >= 4 is 5.97 Å². The average molecular weight is 285 g/mol. The Morgan fingerprint density at radius 1 is 1.15 bits per heavy atom. The summed E-state index contributed by atoms with van der Waals surface area (Å²) in [5.74, 6) is -4.07. The number of nitrogens with one attached hydrogen (secondary N) is 1. The summed E-state index contributed by atoms with van der Waals surface area (Å²) in [7, 11) is 2.39. The van der Waals surface area contributed by atoms with Gasteiger partial charge < -0.3 is 14.5 Å². The Bertz CT molecular complexity index is 644. The third-order valence-electron chi connectivity index (χ3n) is 2.70. The number of H-pyrrole nitrogens is 1. The zero-order valence-corrected chi connectivity index (χ0v) is 10.6. The highest BCUT2D eigenvalue weighted by Gasteiger charge is 2.24. The quantitative estimate of drug-likeness (QED) is 0.882. The van der Waals surface area contributed by atoms with Gasteiger partial charge in [0.2, 0.25) is 0 Å². The number of esters is 1. The number of hydrogen-bond donors (Lipinski definition) is 1. The zero-order valence-electron chi connectivity index (χ0n) is 10.6. The number of ether oxygens (including phenoxy) is 2. The lowest BCUT2D eigenvalue weighted by Crippen LogP contribution is -2.02.